The molecule has 92 valence electrons. The number of benzene rings is 1. The first-order valence-electron chi connectivity index (χ1n) is 4.99. The Morgan fingerprint density at radius 3 is 2.79 bits per heavy atom. The molecular weight excluding hydrogens is 264 g/mol. The van der Waals surface area contributed by atoms with Crippen LogP contribution < -0.4 is 4.74 Å². The molecule has 2 rings (SSSR count). The summed E-state index contributed by atoms with van der Waals surface area (Å²) in [4.78, 5) is 2.98. The smallest absolute Gasteiger partial charge is 0.296 e. The second-order valence-corrected chi connectivity index (χ2v) is 3.62. The van der Waals surface area contributed by atoms with Crippen molar-refractivity contribution in [1.29, 1.82) is 5.26 Å². The van der Waals surface area contributed by atoms with E-state index in [9.17, 15) is 0 Å². The Bertz CT molecular complexity index is 727. The number of H-pyrrole nitrogens is 1. The number of hydrogen-bond donors (Lipinski definition) is 1. The zero-order valence-corrected chi connectivity index (χ0v) is 10.3. The lowest BCUT2D eigenvalue weighted by Crippen LogP contribution is -1.96. The summed E-state index contributed by atoms with van der Waals surface area (Å²) in [7, 11) is 0. The van der Waals surface area contributed by atoms with Crippen LogP contribution in [0.5, 0.6) is 5.75 Å². The van der Waals surface area contributed by atoms with Crippen LogP contribution in [0.4, 0.5) is 0 Å². The van der Waals surface area contributed by atoms with E-state index in [1.54, 1.807) is 30.3 Å². The van der Waals surface area contributed by atoms with Crippen LogP contribution in [0.2, 0.25) is 0 Å². The van der Waals surface area contributed by atoms with Gasteiger partial charge in [0.05, 0.1) is 18.3 Å². The summed E-state index contributed by atoms with van der Waals surface area (Å²) in [5.74, 6) is 0.499. The van der Waals surface area contributed by atoms with E-state index in [0.29, 0.717) is 10.5 Å². The van der Waals surface area contributed by atoms with Crippen molar-refractivity contribution in [2.75, 3.05) is 0 Å². The Morgan fingerprint density at radius 2 is 2.26 bits per heavy atom. The van der Waals surface area contributed by atoms with Crippen LogP contribution in [0.3, 0.4) is 0 Å². The molecule has 0 aliphatic rings. The van der Waals surface area contributed by atoms with E-state index >= 15 is 0 Å². The Balaban J connectivity index is 2.19. The molecule has 0 aliphatic carbocycles. The van der Waals surface area contributed by atoms with E-state index in [1.807, 2.05) is 0 Å². The van der Waals surface area contributed by atoms with Crippen LogP contribution >= 0.6 is 12.2 Å². The van der Waals surface area contributed by atoms with Crippen molar-refractivity contribution >= 4 is 12.2 Å². The van der Waals surface area contributed by atoms with Crippen LogP contribution in [0, 0.1) is 22.7 Å². The van der Waals surface area contributed by atoms with Gasteiger partial charge in [0, 0.05) is 0 Å². The molecule has 19 heavy (non-hydrogen) atoms. The van der Waals surface area contributed by atoms with Gasteiger partial charge < -0.3 is 4.74 Å². The Morgan fingerprint density at radius 1 is 1.53 bits per heavy atom. The lowest BCUT2D eigenvalue weighted by molar-refractivity contribution is 0.478. The van der Waals surface area contributed by atoms with Crippen LogP contribution in [0.1, 0.15) is 0 Å². The maximum absolute atomic E-state index is 8.56. The topological polar surface area (TPSA) is 83.9 Å². The maximum Gasteiger partial charge on any atom is 0.296 e. The van der Waals surface area contributed by atoms with Crippen molar-refractivity contribution in [2.45, 2.75) is 0 Å². The van der Waals surface area contributed by atoms with Crippen molar-refractivity contribution in [3.8, 4) is 17.5 Å². The maximum atomic E-state index is 8.56. The Hall–Kier alpha value is -2.97. The highest BCUT2D eigenvalue weighted by molar-refractivity contribution is 7.71. The number of aromatic nitrogens is 4. The Labute approximate surface area is 113 Å². The van der Waals surface area contributed by atoms with Crippen molar-refractivity contribution in [1.82, 2.24) is 20.2 Å². The number of aromatic amines is 1. The molecule has 0 spiro atoms. The molecule has 7 nitrogen and oxygen atoms in total. The van der Waals surface area contributed by atoms with Gasteiger partial charge in [-0.3, -0.25) is 0 Å². The molecule has 1 aromatic carbocycles. The highest BCUT2D eigenvalue weighted by atomic mass is 32.1. The molecule has 2 aromatic rings. The van der Waals surface area contributed by atoms with Gasteiger partial charge in [-0.2, -0.15) is 5.21 Å². The van der Waals surface area contributed by atoms with Crippen LogP contribution in [0.15, 0.2) is 36.2 Å². The summed E-state index contributed by atoms with van der Waals surface area (Å²) in [5, 5.41) is 18.4. The van der Waals surface area contributed by atoms with Crippen molar-refractivity contribution in [3.63, 3.8) is 0 Å². The molecule has 1 heterocycles. The summed E-state index contributed by atoms with van der Waals surface area (Å²) in [6, 6.07) is 8.53. The number of rotatable bonds is 3. The van der Waals surface area contributed by atoms with Crippen molar-refractivity contribution < 1.29 is 4.74 Å². The molecule has 0 aliphatic heterocycles. The third kappa shape index (κ3) is 2.83. The van der Waals surface area contributed by atoms with Gasteiger partial charge in [-0.05, 0) is 36.5 Å². The second-order valence-electron chi connectivity index (χ2n) is 3.26. The number of nitrogens with zero attached hydrogens (tertiary/aromatic N) is 5. The molecule has 1 aromatic heterocycles. The molecule has 0 radical (unpaired) electrons. The lowest BCUT2D eigenvalue weighted by atomic mass is 10.3. The fraction of sp³-hybridized carbons (Fsp3) is 0. The number of ether oxygens (including phenoxy) is 1. The first-order chi connectivity index (χ1) is 9.24. The number of hydrogen-bond acceptors (Lipinski definition) is 5. The first-order valence-corrected chi connectivity index (χ1v) is 5.40. The molecular formula is C11H6N6OS. The van der Waals surface area contributed by atoms with Gasteiger partial charge in [0.25, 0.3) is 5.70 Å². The van der Waals surface area contributed by atoms with Gasteiger partial charge in [-0.15, -0.1) is 0 Å². The van der Waals surface area contributed by atoms with E-state index < -0.39 is 0 Å². The Kier molecular flexibility index (Phi) is 3.67. The fourth-order valence-corrected chi connectivity index (χ4v) is 1.43. The zero-order valence-electron chi connectivity index (χ0n) is 9.44. The van der Waals surface area contributed by atoms with E-state index in [0.717, 1.165) is 11.9 Å². The molecule has 0 bridgehead atoms. The predicted molar refractivity (Wildman–Crippen MR) is 67.5 cm³/mol. The van der Waals surface area contributed by atoms with Crippen LogP contribution in [-0.4, -0.2) is 20.2 Å². The molecule has 0 amide bonds. The molecule has 0 unspecified atom stereocenters. The first kappa shape index (κ1) is 12.5. The zero-order chi connectivity index (χ0) is 13.7. The third-order valence-electron chi connectivity index (χ3n) is 2.11. The summed E-state index contributed by atoms with van der Waals surface area (Å²) < 4.78 is 7.01. The minimum atomic E-state index is -0.121. The lowest BCUT2D eigenvalue weighted by Gasteiger charge is -2.03. The van der Waals surface area contributed by atoms with Gasteiger partial charge in [0.1, 0.15) is 12.0 Å². The highest BCUT2D eigenvalue weighted by Gasteiger charge is 2.00. The summed E-state index contributed by atoms with van der Waals surface area (Å²) in [6.45, 7) is 6.70. The minimum absolute atomic E-state index is 0.121. The van der Waals surface area contributed by atoms with E-state index in [-0.39, 0.29) is 5.70 Å². The average Bonchev–Trinajstić information content (AvgIpc) is 2.87. The van der Waals surface area contributed by atoms with Gasteiger partial charge in [-0.1, -0.05) is 10.3 Å². The molecule has 0 atom stereocenters. The molecule has 8 heteroatoms. The number of tetrazole rings is 1. The van der Waals surface area contributed by atoms with Gasteiger partial charge in [0.15, 0.2) is 0 Å². The predicted octanol–water partition coefficient (Wildman–Crippen LogP) is 1.99. The van der Waals surface area contributed by atoms with E-state index in [4.69, 9.17) is 28.8 Å². The van der Waals surface area contributed by atoms with E-state index in [1.165, 1.54) is 4.68 Å². The van der Waals surface area contributed by atoms with Gasteiger partial charge >= 0.3 is 0 Å². The number of nitrogens with one attached hydrogen (secondary N) is 1. The molecule has 0 fully saturated rings. The van der Waals surface area contributed by atoms with Crippen LogP contribution in [0.25, 0.3) is 10.5 Å². The second kappa shape index (κ2) is 5.58. The summed E-state index contributed by atoms with van der Waals surface area (Å²) in [5.41, 5.74) is 0.626. The minimum Gasteiger partial charge on any atom is -0.475 e. The van der Waals surface area contributed by atoms with Gasteiger partial charge in [-0.25, -0.2) is 14.8 Å². The van der Waals surface area contributed by atoms with Gasteiger partial charge in [0.2, 0.25) is 4.77 Å². The van der Waals surface area contributed by atoms with Crippen LogP contribution in [-0.2, 0) is 0 Å². The number of allylic oxidation sites excluding steroid dienone is 1. The fourth-order valence-electron chi connectivity index (χ4n) is 1.24. The highest BCUT2D eigenvalue weighted by Crippen LogP contribution is 2.15. The molecule has 0 saturated heterocycles. The van der Waals surface area contributed by atoms with Crippen molar-refractivity contribution in [2.24, 2.45) is 0 Å². The summed E-state index contributed by atoms with van der Waals surface area (Å²) in [6.07, 6.45) is 1.10. The van der Waals surface area contributed by atoms with E-state index in [2.05, 4.69) is 20.4 Å². The third-order valence-corrected chi connectivity index (χ3v) is 2.37. The van der Waals surface area contributed by atoms with Crippen molar-refractivity contribution in [3.05, 3.63) is 52.4 Å². The average molecular weight is 270 g/mol. The monoisotopic (exact) mass is 270 g/mol. The molecule has 1 N–H and O–H groups in total. The normalized spacial score (nSPS) is 10.5. The quantitative estimate of drug-likeness (QED) is 0.399. The summed E-state index contributed by atoms with van der Waals surface area (Å²) >= 11 is 4.97. The largest absolute Gasteiger partial charge is 0.475 e. The number of nitriles is 1. The molecule has 0 saturated carbocycles. The standard InChI is InChI=1S/C11H6N6OS/c1-13-8(6-12)7-18-10-4-2-9(3-5-10)17-11(19)14-15-16-17/h2-5,7H,(H,14,16,19). The SMILES string of the molecule is [C-]#[N+]C(C#N)=COc1ccc(-n2[nH]nnc2=S)cc1.